The molecule has 0 atom stereocenters. The zero-order valence-electron chi connectivity index (χ0n) is 11.3. The van der Waals surface area contributed by atoms with Crippen molar-refractivity contribution in [2.24, 2.45) is 0 Å². The lowest BCUT2D eigenvalue weighted by Crippen LogP contribution is -2.44. The Morgan fingerprint density at radius 3 is 2.57 bits per heavy atom. The lowest BCUT2D eigenvalue weighted by Gasteiger charge is -2.27. The van der Waals surface area contributed by atoms with Crippen molar-refractivity contribution in [2.75, 3.05) is 11.9 Å². The van der Waals surface area contributed by atoms with Crippen molar-refractivity contribution in [3.05, 3.63) is 29.0 Å². The maximum absolute atomic E-state index is 13.2. The number of urea groups is 1. The minimum Gasteiger partial charge on any atom is -0.480 e. The number of carboxylic acid groups (broad SMARTS) is 1. The van der Waals surface area contributed by atoms with Crippen LogP contribution >= 0.6 is 11.6 Å². The van der Waals surface area contributed by atoms with E-state index in [1.165, 1.54) is 11.0 Å². The summed E-state index contributed by atoms with van der Waals surface area (Å²) in [6.07, 6.45) is 3.51. The second-order valence-corrected chi connectivity index (χ2v) is 5.48. The summed E-state index contributed by atoms with van der Waals surface area (Å²) in [6, 6.07) is 3.03. The number of hydrogen-bond acceptors (Lipinski definition) is 2. The van der Waals surface area contributed by atoms with E-state index >= 15 is 0 Å². The highest BCUT2D eigenvalue weighted by atomic mass is 35.5. The van der Waals surface area contributed by atoms with E-state index in [-0.39, 0.29) is 23.3 Å². The zero-order valence-corrected chi connectivity index (χ0v) is 12.1. The predicted octanol–water partition coefficient (Wildman–Crippen LogP) is 3.34. The first-order chi connectivity index (χ1) is 9.95. The predicted molar refractivity (Wildman–Crippen MR) is 77.0 cm³/mol. The monoisotopic (exact) mass is 314 g/mol. The van der Waals surface area contributed by atoms with Crippen LogP contribution in [0, 0.1) is 5.82 Å². The molecule has 114 valence electrons. The van der Waals surface area contributed by atoms with E-state index in [0.717, 1.165) is 37.8 Å². The molecule has 1 aliphatic rings. The standard InChI is InChI=1S/C14H16ClFN2O3/c15-9-5-10(16)7-11(6-9)17-14(21)18(8-13(19)20)12-3-1-2-4-12/h5-7,12H,1-4,8H2,(H,17,21)(H,19,20). The number of aliphatic carboxylic acids is 1. The van der Waals surface area contributed by atoms with Crippen LogP contribution in [0.15, 0.2) is 18.2 Å². The maximum atomic E-state index is 13.2. The molecule has 0 heterocycles. The number of rotatable bonds is 4. The van der Waals surface area contributed by atoms with Gasteiger partial charge >= 0.3 is 12.0 Å². The topological polar surface area (TPSA) is 69.6 Å². The fourth-order valence-electron chi connectivity index (χ4n) is 2.55. The van der Waals surface area contributed by atoms with Crippen LogP contribution in [-0.2, 0) is 4.79 Å². The number of nitrogens with one attached hydrogen (secondary N) is 1. The molecule has 0 aromatic heterocycles. The van der Waals surface area contributed by atoms with E-state index in [2.05, 4.69) is 5.32 Å². The van der Waals surface area contributed by atoms with E-state index in [0.29, 0.717) is 0 Å². The molecule has 1 fully saturated rings. The minimum atomic E-state index is -1.07. The molecule has 1 aromatic rings. The number of carbonyl (C=O) groups is 2. The van der Waals surface area contributed by atoms with Gasteiger partial charge in [-0.3, -0.25) is 4.79 Å². The number of amides is 2. The molecule has 0 spiro atoms. The molecular weight excluding hydrogens is 299 g/mol. The highest BCUT2D eigenvalue weighted by molar-refractivity contribution is 6.30. The third-order valence-corrected chi connectivity index (χ3v) is 3.66. The van der Waals surface area contributed by atoms with Gasteiger partial charge in [-0.1, -0.05) is 24.4 Å². The number of benzene rings is 1. The second kappa shape index (κ2) is 6.76. The maximum Gasteiger partial charge on any atom is 0.323 e. The van der Waals surface area contributed by atoms with Gasteiger partial charge in [0.05, 0.1) is 0 Å². The average Bonchev–Trinajstić information content (AvgIpc) is 2.87. The summed E-state index contributed by atoms with van der Waals surface area (Å²) in [5.41, 5.74) is 0.207. The van der Waals surface area contributed by atoms with E-state index in [9.17, 15) is 14.0 Å². The van der Waals surface area contributed by atoms with Gasteiger partial charge in [-0.05, 0) is 31.0 Å². The summed E-state index contributed by atoms with van der Waals surface area (Å²) in [5, 5.41) is 11.6. The Bertz CT molecular complexity index is 527. The van der Waals surface area contributed by atoms with Crippen LogP contribution in [0.1, 0.15) is 25.7 Å². The Morgan fingerprint density at radius 2 is 2.00 bits per heavy atom. The molecule has 2 amide bonds. The van der Waals surface area contributed by atoms with Crippen LogP contribution in [0.3, 0.4) is 0 Å². The Kier molecular flexibility index (Phi) is 5.01. The van der Waals surface area contributed by atoms with Gasteiger partial charge in [-0.15, -0.1) is 0 Å². The van der Waals surface area contributed by atoms with Gasteiger partial charge in [0.25, 0.3) is 0 Å². The van der Waals surface area contributed by atoms with Gasteiger partial charge in [-0.2, -0.15) is 0 Å². The fraction of sp³-hybridized carbons (Fsp3) is 0.429. The molecule has 7 heteroatoms. The van der Waals surface area contributed by atoms with Gasteiger partial charge < -0.3 is 15.3 Å². The summed E-state index contributed by atoms with van der Waals surface area (Å²) in [7, 11) is 0. The van der Waals surface area contributed by atoms with E-state index in [1.807, 2.05) is 0 Å². The molecule has 0 saturated heterocycles. The largest absolute Gasteiger partial charge is 0.480 e. The summed E-state index contributed by atoms with van der Waals surface area (Å²) >= 11 is 5.73. The van der Waals surface area contributed by atoms with Crippen molar-refractivity contribution in [1.82, 2.24) is 4.90 Å². The molecule has 21 heavy (non-hydrogen) atoms. The third-order valence-electron chi connectivity index (χ3n) is 3.45. The Hall–Kier alpha value is -1.82. The van der Waals surface area contributed by atoms with Gasteiger partial charge in [0.1, 0.15) is 12.4 Å². The Labute approximate surface area is 126 Å². The molecule has 1 aliphatic carbocycles. The van der Waals surface area contributed by atoms with Crippen molar-refractivity contribution < 1.29 is 19.1 Å². The summed E-state index contributed by atoms with van der Waals surface area (Å²) in [4.78, 5) is 24.5. The molecule has 1 saturated carbocycles. The Morgan fingerprint density at radius 1 is 1.33 bits per heavy atom. The highest BCUT2D eigenvalue weighted by Crippen LogP contribution is 2.25. The number of hydrogen-bond donors (Lipinski definition) is 2. The van der Waals surface area contributed by atoms with Crippen LogP contribution in [0.5, 0.6) is 0 Å². The van der Waals surface area contributed by atoms with Gasteiger partial charge in [0.15, 0.2) is 0 Å². The van der Waals surface area contributed by atoms with Crippen LogP contribution in [0.4, 0.5) is 14.9 Å². The molecule has 1 aromatic carbocycles. The number of carbonyl (C=O) groups excluding carboxylic acids is 1. The molecule has 5 nitrogen and oxygen atoms in total. The smallest absolute Gasteiger partial charge is 0.323 e. The van der Waals surface area contributed by atoms with Crippen LogP contribution < -0.4 is 5.32 Å². The SMILES string of the molecule is O=C(O)CN(C(=O)Nc1cc(F)cc(Cl)c1)C1CCCC1. The summed E-state index contributed by atoms with van der Waals surface area (Å²) in [6.45, 7) is -0.375. The quantitative estimate of drug-likeness (QED) is 0.895. The summed E-state index contributed by atoms with van der Waals surface area (Å²) in [5.74, 6) is -1.64. The first kappa shape index (κ1) is 15.6. The highest BCUT2D eigenvalue weighted by Gasteiger charge is 2.28. The molecule has 2 N–H and O–H groups in total. The molecular formula is C14H16ClFN2O3. The normalized spacial score (nSPS) is 15.0. The average molecular weight is 315 g/mol. The van der Waals surface area contributed by atoms with Crippen molar-refractivity contribution in [3.8, 4) is 0 Å². The molecule has 2 rings (SSSR count). The lowest BCUT2D eigenvalue weighted by atomic mass is 10.2. The number of halogens is 2. The van der Waals surface area contributed by atoms with Crippen molar-refractivity contribution in [1.29, 1.82) is 0 Å². The second-order valence-electron chi connectivity index (χ2n) is 5.05. The lowest BCUT2D eigenvalue weighted by molar-refractivity contribution is -0.138. The van der Waals surface area contributed by atoms with Crippen molar-refractivity contribution >= 4 is 29.3 Å². The fourth-order valence-corrected chi connectivity index (χ4v) is 2.77. The minimum absolute atomic E-state index is 0.0925. The molecule has 0 unspecified atom stereocenters. The third kappa shape index (κ3) is 4.32. The van der Waals surface area contributed by atoms with Gasteiger partial charge in [-0.25, -0.2) is 9.18 Å². The van der Waals surface area contributed by atoms with E-state index in [1.54, 1.807) is 0 Å². The molecule has 0 aliphatic heterocycles. The van der Waals surface area contributed by atoms with E-state index < -0.39 is 17.8 Å². The van der Waals surface area contributed by atoms with Crippen LogP contribution in [0.2, 0.25) is 5.02 Å². The zero-order chi connectivity index (χ0) is 15.4. The number of nitrogens with zero attached hydrogens (tertiary/aromatic N) is 1. The Balaban J connectivity index is 2.11. The van der Waals surface area contributed by atoms with E-state index in [4.69, 9.17) is 16.7 Å². The molecule has 0 radical (unpaired) electrons. The van der Waals surface area contributed by atoms with Gasteiger partial charge in [0, 0.05) is 16.8 Å². The van der Waals surface area contributed by atoms with Crippen LogP contribution in [0.25, 0.3) is 0 Å². The van der Waals surface area contributed by atoms with Crippen molar-refractivity contribution in [2.45, 2.75) is 31.7 Å². The van der Waals surface area contributed by atoms with Gasteiger partial charge in [0.2, 0.25) is 0 Å². The summed E-state index contributed by atoms with van der Waals surface area (Å²) < 4.78 is 13.2. The first-order valence-electron chi connectivity index (χ1n) is 6.71. The molecule has 0 bridgehead atoms. The number of carboxylic acids is 1. The first-order valence-corrected chi connectivity index (χ1v) is 7.09. The number of anilines is 1. The van der Waals surface area contributed by atoms with Crippen molar-refractivity contribution in [3.63, 3.8) is 0 Å². The van der Waals surface area contributed by atoms with Crippen LogP contribution in [-0.4, -0.2) is 34.6 Å².